The topological polar surface area (TPSA) is 97.1 Å². The first-order valence-corrected chi connectivity index (χ1v) is 11.6. The molecular formula is C24H18N4O3S2. The van der Waals surface area contributed by atoms with E-state index >= 15 is 0 Å². The number of anilines is 1. The van der Waals surface area contributed by atoms with Crippen molar-refractivity contribution in [1.82, 2.24) is 9.97 Å². The van der Waals surface area contributed by atoms with E-state index in [9.17, 15) is 10.1 Å². The molecule has 0 spiro atoms. The van der Waals surface area contributed by atoms with Gasteiger partial charge in [-0.15, -0.1) is 22.7 Å². The predicted octanol–water partition coefficient (Wildman–Crippen LogP) is 5.36. The Morgan fingerprint density at radius 2 is 2.03 bits per heavy atom. The number of hydrogen-bond donors (Lipinski definition) is 1. The minimum atomic E-state index is -0.319. The lowest BCUT2D eigenvalue weighted by Gasteiger charge is -2.11. The summed E-state index contributed by atoms with van der Waals surface area (Å²) in [6.07, 6.45) is 3.36. The lowest BCUT2D eigenvalue weighted by atomic mass is 10.1. The third kappa shape index (κ3) is 5.63. The van der Waals surface area contributed by atoms with Crippen LogP contribution in [0.1, 0.15) is 10.6 Å². The minimum absolute atomic E-state index is 0.185. The van der Waals surface area contributed by atoms with Crippen molar-refractivity contribution in [3.63, 3.8) is 0 Å². The normalized spacial score (nSPS) is 11.0. The summed E-state index contributed by atoms with van der Waals surface area (Å²) >= 11 is 2.74. The molecule has 2 heterocycles. The third-order valence-corrected chi connectivity index (χ3v) is 6.02. The Morgan fingerprint density at radius 1 is 1.18 bits per heavy atom. The quantitative estimate of drug-likeness (QED) is 0.346. The number of methoxy groups -OCH3 is 1. The number of aromatic nitrogens is 2. The van der Waals surface area contributed by atoms with Crippen LogP contribution in [-0.4, -0.2) is 29.6 Å². The summed E-state index contributed by atoms with van der Waals surface area (Å²) in [5.41, 5.74) is 3.02. The molecule has 0 fully saturated rings. The Balaban J connectivity index is 1.48. The minimum Gasteiger partial charge on any atom is -0.493 e. The molecule has 2 aromatic carbocycles. The first-order chi connectivity index (χ1) is 16.2. The summed E-state index contributed by atoms with van der Waals surface area (Å²) in [7, 11) is 1.52. The Hall–Kier alpha value is -4.00. The van der Waals surface area contributed by atoms with Gasteiger partial charge >= 0.3 is 0 Å². The SMILES string of the molecule is COc1cc(/C=C(\C#N)c2nc(-c3ccccc3)cs2)ccc1OCC(=O)Nc1nccs1. The molecule has 0 aliphatic heterocycles. The average molecular weight is 475 g/mol. The van der Waals surface area contributed by atoms with Gasteiger partial charge in [0.1, 0.15) is 11.1 Å². The predicted molar refractivity (Wildman–Crippen MR) is 130 cm³/mol. The molecule has 4 rings (SSSR count). The number of amides is 1. The maximum Gasteiger partial charge on any atom is 0.264 e. The highest BCUT2D eigenvalue weighted by atomic mass is 32.1. The second kappa shape index (κ2) is 10.5. The molecule has 9 heteroatoms. The Morgan fingerprint density at radius 3 is 2.76 bits per heavy atom. The van der Waals surface area contributed by atoms with Gasteiger partial charge in [-0.3, -0.25) is 10.1 Å². The van der Waals surface area contributed by atoms with Gasteiger partial charge in [0.15, 0.2) is 23.2 Å². The molecule has 0 atom stereocenters. The molecule has 0 saturated carbocycles. The maximum absolute atomic E-state index is 12.0. The monoisotopic (exact) mass is 474 g/mol. The molecule has 33 heavy (non-hydrogen) atoms. The lowest BCUT2D eigenvalue weighted by molar-refractivity contribution is -0.118. The van der Waals surface area contributed by atoms with E-state index in [1.54, 1.807) is 35.9 Å². The van der Waals surface area contributed by atoms with Gasteiger partial charge in [0.25, 0.3) is 5.91 Å². The highest BCUT2D eigenvalue weighted by Gasteiger charge is 2.12. The van der Waals surface area contributed by atoms with Crippen LogP contribution in [-0.2, 0) is 4.79 Å². The number of hydrogen-bond acceptors (Lipinski definition) is 8. The van der Waals surface area contributed by atoms with E-state index in [1.165, 1.54) is 29.8 Å². The summed E-state index contributed by atoms with van der Waals surface area (Å²) in [5.74, 6) is 0.552. The Kier molecular flexibility index (Phi) is 7.09. The standard InChI is InChI=1S/C24H18N4O3S2/c1-30-21-12-16(7-8-20(21)31-14-22(29)28-24-26-9-10-32-24)11-18(13-25)23-27-19(15-33-23)17-5-3-2-4-6-17/h2-12,15H,14H2,1H3,(H,26,28,29)/b18-11+. The first kappa shape index (κ1) is 22.2. The molecular weight excluding hydrogens is 456 g/mol. The fraction of sp³-hybridized carbons (Fsp3) is 0.0833. The zero-order chi connectivity index (χ0) is 23.0. The molecule has 0 saturated heterocycles. The molecule has 4 aromatic rings. The number of carbonyl (C=O) groups is 1. The van der Waals surface area contributed by atoms with E-state index < -0.39 is 0 Å². The molecule has 1 amide bonds. The molecule has 2 aromatic heterocycles. The van der Waals surface area contributed by atoms with Gasteiger partial charge in [0, 0.05) is 22.5 Å². The lowest BCUT2D eigenvalue weighted by Crippen LogP contribution is -2.20. The van der Waals surface area contributed by atoms with E-state index in [0.29, 0.717) is 27.2 Å². The van der Waals surface area contributed by atoms with Crippen LogP contribution in [0.15, 0.2) is 65.5 Å². The number of benzene rings is 2. The van der Waals surface area contributed by atoms with E-state index in [-0.39, 0.29) is 12.5 Å². The zero-order valence-electron chi connectivity index (χ0n) is 17.5. The van der Waals surface area contributed by atoms with Crippen LogP contribution in [0.3, 0.4) is 0 Å². The van der Waals surface area contributed by atoms with Crippen molar-refractivity contribution in [3.8, 4) is 28.8 Å². The van der Waals surface area contributed by atoms with Crippen LogP contribution >= 0.6 is 22.7 Å². The number of nitrogens with zero attached hydrogens (tertiary/aromatic N) is 3. The molecule has 0 unspecified atom stereocenters. The van der Waals surface area contributed by atoms with Gasteiger partial charge in [-0.25, -0.2) is 9.97 Å². The molecule has 0 bridgehead atoms. The van der Waals surface area contributed by atoms with Gasteiger partial charge in [0.2, 0.25) is 0 Å². The van der Waals surface area contributed by atoms with Gasteiger partial charge in [0.05, 0.1) is 18.4 Å². The fourth-order valence-corrected chi connectivity index (χ4v) is 4.26. The van der Waals surface area contributed by atoms with E-state index in [0.717, 1.165) is 16.8 Å². The second-order valence-corrected chi connectivity index (χ2v) is 8.41. The maximum atomic E-state index is 12.0. The molecule has 164 valence electrons. The number of carbonyl (C=O) groups excluding carboxylic acids is 1. The van der Waals surface area contributed by atoms with Gasteiger partial charge in [-0.2, -0.15) is 5.26 Å². The highest BCUT2D eigenvalue weighted by molar-refractivity contribution is 7.13. The van der Waals surface area contributed by atoms with E-state index in [2.05, 4.69) is 21.4 Å². The largest absolute Gasteiger partial charge is 0.493 e. The average Bonchev–Trinajstić information content (AvgIpc) is 3.54. The molecule has 7 nitrogen and oxygen atoms in total. The van der Waals surface area contributed by atoms with Crippen molar-refractivity contribution >= 4 is 45.4 Å². The molecule has 0 aliphatic carbocycles. The highest BCUT2D eigenvalue weighted by Crippen LogP contribution is 2.31. The van der Waals surface area contributed by atoms with Crippen LogP contribution in [0, 0.1) is 11.3 Å². The Labute approximate surface area is 198 Å². The molecule has 0 radical (unpaired) electrons. The van der Waals surface area contributed by atoms with Gasteiger partial charge in [-0.1, -0.05) is 36.4 Å². The number of allylic oxidation sites excluding steroid dienone is 1. The van der Waals surface area contributed by atoms with Crippen LogP contribution in [0.4, 0.5) is 5.13 Å². The third-order valence-electron chi connectivity index (χ3n) is 4.46. The number of ether oxygens (including phenoxy) is 2. The first-order valence-electron chi connectivity index (χ1n) is 9.79. The van der Waals surface area contributed by atoms with Crippen LogP contribution in [0.25, 0.3) is 22.9 Å². The fourth-order valence-electron chi connectivity index (χ4n) is 2.92. The summed E-state index contributed by atoms with van der Waals surface area (Å²) < 4.78 is 11.0. The van der Waals surface area contributed by atoms with Crippen molar-refractivity contribution in [3.05, 3.63) is 76.1 Å². The van der Waals surface area contributed by atoms with E-state index in [4.69, 9.17) is 9.47 Å². The number of thiazole rings is 2. The summed E-state index contributed by atoms with van der Waals surface area (Å²) in [5, 5.41) is 17.2. The van der Waals surface area contributed by atoms with Crippen LogP contribution in [0.5, 0.6) is 11.5 Å². The summed E-state index contributed by atoms with van der Waals surface area (Å²) in [6.45, 7) is -0.185. The Bertz CT molecular complexity index is 1310. The van der Waals surface area contributed by atoms with E-state index in [1.807, 2.05) is 35.7 Å². The van der Waals surface area contributed by atoms with Crippen LogP contribution in [0.2, 0.25) is 0 Å². The summed E-state index contributed by atoms with van der Waals surface area (Å²) in [6, 6.07) is 17.3. The van der Waals surface area contributed by atoms with Gasteiger partial charge in [-0.05, 0) is 23.8 Å². The van der Waals surface area contributed by atoms with Crippen LogP contribution < -0.4 is 14.8 Å². The molecule has 0 aliphatic rings. The zero-order valence-corrected chi connectivity index (χ0v) is 19.2. The number of nitriles is 1. The number of rotatable bonds is 8. The van der Waals surface area contributed by atoms with Crippen molar-refractivity contribution in [1.29, 1.82) is 5.26 Å². The molecule has 1 N–H and O–H groups in total. The van der Waals surface area contributed by atoms with Crippen molar-refractivity contribution in [2.45, 2.75) is 0 Å². The second-order valence-electron chi connectivity index (χ2n) is 6.66. The van der Waals surface area contributed by atoms with Crippen molar-refractivity contribution < 1.29 is 14.3 Å². The number of nitrogens with one attached hydrogen (secondary N) is 1. The smallest absolute Gasteiger partial charge is 0.264 e. The van der Waals surface area contributed by atoms with Gasteiger partial charge < -0.3 is 9.47 Å². The van der Waals surface area contributed by atoms with Crippen molar-refractivity contribution in [2.24, 2.45) is 0 Å². The van der Waals surface area contributed by atoms with Crippen molar-refractivity contribution in [2.75, 3.05) is 19.0 Å². The summed E-state index contributed by atoms with van der Waals surface area (Å²) in [4.78, 5) is 20.6.